The van der Waals surface area contributed by atoms with Crippen LogP contribution in [0.25, 0.3) is 5.69 Å². The summed E-state index contributed by atoms with van der Waals surface area (Å²) < 4.78 is 56.7. The van der Waals surface area contributed by atoms with Crippen molar-refractivity contribution in [1.29, 1.82) is 0 Å². The SMILES string of the molecule is CCN(CC)C(C(=O)OC(C)[C@H](C)n1ncn(-c2ccc(N3CCN(c4ccc(OC[C@@H]5CO[C@@](Cn6cncn6)(c6ccc(F)cc6F)O5)cc4)CC3)cc2)c1=O)/C(=C\C(=O)O)C(=O)O. The summed E-state index contributed by atoms with van der Waals surface area (Å²) in [5.74, 6) is -6.50. The minimum absolute atomic E-state index is 0.00411. The van der Waals surface area contributed by atoms with Crippen LogP contribution in [0.4, 0.5) is 20.2 Å². The number of nitrogens with zero attached hydrogens (tertiary/aromatic N) is 9. The summed E-state index contributed by atoms with van der Waals surface area (Å²) in [5, 5.41) is 27.4. The van der Waals surface area contributed by atoms with Crippen LogP contribution >= 0.6 is 0 Å². The van der Waals surface area contributed by atoms with E-state index in [-0.39, 0.29) is 38.4 Å². The maximum absolute atomic E-state index is 15.0. The molecule has 21 heteroatoms. The average molecular weight is 916 g/mol. The van der Waals surface area contributed by atoms with Gasteiger partial charge < -0.3 is 39.0 Å². The van der Waals surface area contributed by atoms with Gasteiger partial charge in [0, 0.05) is 55.3 Å². The van der Waals surface area contributed by atoms with Crippen LogP contribution in [-0.4, -0.2) is 133 Å². The van der Waals surface area contributed by atoms with Gasteiger partial charge >= 0.3 is 23.6 Å². The number of piperazine rings is 1. The Morgan fingerprint density at radius 1 is 0.909 bits per heavy atom. The second-order valence-corrected chi connectivity index (χ2v) is 15.8. The molecule has 350 valence electrons. The fraction of sp³-hybridized carbons (Fsp3) is 0.400. The highest BCUT2D eigenvalue weighted by Crippen LogP contribution is 2.38. The zero-order valence-electron chi connectivity index (χ0n) is 36.8. The summed E-state index contributed by atoms with van der Waals surface area (Å²) in [6, 6.07) is 16.2. The minimum atomic E-state index is -1.56. The van der Waals surface area contributed by atoms with Crippen molar-refractivity contribution in [3.05, 3.63) is 125 Å². The molecule has 0 aliphatic carbocycles. The van der Waals surface area contributed by atoms with E-state index in [0.29, 0.717) is 17.5 Å². The number of ether oxygens (including phenoxy) is 4. The van der Waals surface area contributed by atoms with Crippen molar-refractivity contribution in [2.24, 2.45) is 0 Å². The first-order chi connectivity index (χ1) is 31.7. The first kappa shape index (κ1) is 47.0. The van der Waals surface area contributed by atoms with Gasteiger partial charge in [0.15, 0.2) is 0 Å². The molecule has 0 bridgehead atoms. The lowest BCUT2D eigenvalue weighted by molar-refractivity contribution is -0.192. The molecule has 5 aromatic rings. The largest absolute Gasteiger partial charge is 0.491 e. The van der Waals surface area contributed by atoms with Crippen molar-refractivity contribution in [1.82, 2.24) is 34.0 Å². The van der Waals surface area contributed by atoms with Crippen LogP contribution in [-0.2, 0) is 40.9 Å². The van der Waals surface area contributed by atoms with E-state index in [0.717, 1.165) is 49.7 Å². The number of carboxylic acid groups (broad SMARTS) is 2. The molecule has 0 amide bonds. The van der Waals surface area contributed by atoms with Gasteiger partial charge in [-0.2, -0.15) is 10.2 Å². The van der Waals surface area contributed by atoms with Crippen molar-refractivity contribution in [3.8, 4) is 11.4 Å². The van der Waals surface area contributed by atoms with Crippen LogP contribution in [0, 0.1) is 11.6 Å². The fourth-order valence-corrected chi connectivity index (χ4v) is 8.04. The lowest BCUT2D eigenvalue weighted by Crippen LogP contribution is -2.47. The third-order valence-corrected chi connectivity index (χ3v) is 11.7. The monoisotopic (exact) mass is 915 g/mol. The number of hydrogen-bond acceptors (Lipinski definition) is 14. The summed E-state index contributed by atoms with van der Waals surface area (Å²) in [6.07, 6.45) is 3.16. The van der Waals surface area contributed by atoms with Crippen molar-refractivity contribution in [2.45, 2.75) is 64.3 Å². The Hall–Kier alpha value is -6.97. The molecule has 2 aliphatic heterocycles. The van der Waals surface area contributed by atoms with Crippen LogP contribution < -0.4 is 20.2 Å². The smallest absolute Gasteiger partial charge is 0.350 e. The molecular formula is C45H51F2N9O10. The summed E-state index contributed by atoms with van der Waals surface area (Å²) in [6.45, 7) is 10.3. The molecule has 3 aromatic carbocycles. The predicted octanol–water partition coefficient (Wildman–Crippen LogP) is 3.88. The highest BCUT2D eigenvalue weighted by molar-refractivity contribution is 6.01. The third kappa shape index (κ3) is 10.4. The quantitative estimate of drug-likeness (QED) is 0.0890. The number of likely N-dealkylation sites (N-methyl/N-ethyl adjacent to an activating group) is 1. The van der Waals surface area contributed by atoms with E-state index in [2.05, 4.69) is 25.0 Å². The van der Waals surface area contributed by atoms with E-state index in [1.54, 1.807) is 27.7 Å². The zero-order chi connectivity index (χ0) is 47.1. The number of aliphatic carboxylic acids is 2. The van der Waals surface area contributed by atoms with Gasteiger partial charge in [-0.15, -0.1) is 0 Å². The number of hydrogen-bond donors (Lipinski definition) is 2. The molecule has 2 aromatic heterocycles. The number of halogens is 2. The number of aromatic nitrogens is 6. The van der Waals surface area contributed by atoms with E-state index in [4.69, 9.17) is 18.9 Å². The molecule has 0 spiro atoms. The Morgan fingerprint density at radius 3 is 2.12 bits per heavy atom. The Kier molecular flexibility index (Phi) is 14.6. The fourth-order valence-electron chi connectivity index (χ4n) is 8.04. The molecule has 2 N–H and O–H groups in total. The number of rotatable bonds is 19. The predicted molar refractivity (Wildman–Crippen MR) is 233 cm³/mol. The van der Waals surface area contributed by atoms with Gasteiger partial charge in [-0.1, -0.05) is 13.8 Å². The van der Waals surface area contributed by atoms with E-state index in [1.165, 1.54) is 43.9 Å². The van der Waals surface area contributed by atoms with Gasteiger partial charge in [0.25, 0.3) is 0 Å². The molecule has 2 fully saturated rings. The topological polar surface area (TPSA) is 209 Å². The van der Waals surface area contributed by atoms with Gasteiger partial charge in [-0.25, -0.2) is 46.9 Å². The van der Waals surface area contributed by atoms with Gasteiger partial charge in [-0.3, -0.25) is 4.90 Å². The van der Waals surface area contributed by atoms with E-state index in [1.807, 2.05) is 48.5 Å². The summed E-state index contributed by atoms with van der Waals surface area (Å²) in [5.41, 5.74) is 1.49. The minimum Gasteiger partial charge on any atom is -0.491 e. The van der Waals surface area contributed by atoms with Gasteiger partial charge in [-0.05, 0) is 87.6 Å². The number of carbonyl (C=O) groups excluding carboxylic acids is 1. The molecule has 0 saturated carbocycles. The molecule has 7 rings (SSSR count). The first-order valence-electron chi connectivity index (χ1n) is 21.4. The van der Waals surface area contributed by atoms with Crippen molar-refractivity contribution in [2.75, 3.05) is 62.3 Å². The van der Waals surface area contributed by atoms with Gasteiger partial charge in [0.05, 0.1) is 23.9 Å². The van der Waals surface area contributed by atoms with Gasteiger partial charge in [0.1, 0.15) is 67.8 Å². The van der Waals surface area contributed by atoms with Crippen molar-refractivity contribution >= 4 is 29.3 Å². The summed E-state index contributed by atoms with van der Waals surface area (Å²) >= 11 is 0. The van der Waals surface area contributed by atoms with Crippen LogP contribution in [0.1, 0.15) is 39.3 Å². The molecule has 66 heavy (non-hydrogen) atoms. The third-order valence-electron chi connectivity index (χ3n) is 11.7. The highest BCUT2D eigenvalue weighted by Gasteiger charge is 2.46. The van der Waals surface area contributed by atoms with E-state index in [9.17, 15) is 38.2 Å². The second kappa shape index (κ2) is 20.5. The molecule has 2 saturated heterocycles. The number of esters is 1. The molecule has 5 atom stereocenters. The molecular weight excluding hydrogens is 865 g/mol. The number of benzene rings is 3. The number of anilines is 2. The molecule has 19 nitrogen and oxygen atoms in total. The van der Waals surface area contributed by atoms with Crippen molar-refractivity contribution in [3.63, 3.8) is 0 Å². The zero-order valence-corrected chi connectivity index (χ0v) is 36.8. The normalized spacial score (nSPS) is 19.1. The Morgan fingerprint density at radius 2 is 1.55 bits per heavy atom. The standard InChI is InChI=1S/C45H51F2N9O10/c1-5-51(6-2)41(37(42(59)60)22-40(57)58)43(61)65-30(4)29(3)56-44(62)55(28-50-56)34-10-8-32(9-11-34)52-17-19-53(20-18-52)33-12-14-35(15-13-33)63-23-36-24-64-45(66-36,25-54-27-48-26-49-54)38-16-7-31(46)21-39(38)47/h7-16,21-22,26-30,36,41H,5-6,17-20,23-25H2,1-4H3,(H,57,58)(H,59,60)/b37-22+/t29-,30?,36+,41?,45+/m0/s1. The maximum Gasteiger partial charge on any atom is 0.350 e. The lowest BCUT2D eigenvalue weighted by atomic mass is 10.0. The Balaban J connectivity index is 0.912. The number of carbonyl (C=O) groups is 3. The van der Waals surface area contributed by atoms with Gasteiger partial charge in [0.2, 0.25) is 5.79 Å². The van der Waals surface area contributed by atoms with E-state index < -0.39 is 70.9 Å². The summed E-state index contributed by atoms with van der Waals surface area (Å²) in [4.78, 5) is 60.3. The lowest BCUT2D eigenvalue weighted by Gasteiger charge is -2.37. The average Bonchev–Trinajstić information content (AvgIpc) is 4.07. The van der Waals surface area contributed by atoms with E-state index >= 15 is 0 Å². The van der Waals surface area contributed by atoms with Crippen molar-refractivity contribution < 1.29 is 52.3 Å². The Labute approximate surface area is 378 Å². The van der Waals surface area contributed by atoms with Crippen LogP contribution in [0.3, 0.4) is 0 Å². The maximum atomic E-state index is 15.0. The second-order valence-electron chi connectivity index (χ2n) is 15.8. The van der Waals surface area contributed by atoms with Crippen LogP contribution in [0.5, 0.6) is 5.75 Å². The molecule has 2 unspecified atom stereocenters. The number of carboxylic acids is 2. The first-order valence-corrected chi connectivity index (χ1v) is 21.4. The molecule has 4 heterocycles. The van der Waals surface area contributed by atoms with Crippen LogP contribution in [0.15, 0.2) is 102 Å². The Bertz CT molecular complexity index is 2560. The van der Waals surface area contributed by atoms with Crippen LogP contribution in [0.2, 0.25) is 0 Å². The highest BCUT2D eigenvalue weighted by atomic mass is 19.1. The molecule has 0 radical (unpaired) electrons. The summed E-state index contributed by atoms with van der Waals surface area (Å²) in [7, 11) is 0. The molecule has 2 aliphatic rings.